The maximum Gasteiger partial charge on any atom is 0.161 e. The smallest absolute Gasteiger partial charge is 0.161 e. The standard InChI is InChI=1S/C9H10O2.CH4S/c1-7-2-3-8-9(6-7)11-5-4-10-8;1-2/h2-3,6H,4-5H2,1H3;2H,1H3. The van der Waals surface area contributed by atoms with E-state index in [0.717, 1.165) is 11.5 Å². The first kappa shape index (κ1) is 10.3. The molecular weight excluding hydrogens is 184 g/mol. The lowest BCUT2D eigenvalue weighted by Crippen LogP contribution is -2.15. The van der Waals surface area contributed by atoms with Crippen LogP contribution in [0.25, 0.3) is 0 Å². The van der Waals surface area contributed by atoms with Crippen molar-refractivity contribution in [3.8, 4) is 11.5 Å². The monoisotopic (exact) mass is 198 g/mol. The summed E-state index contributed by atoms with van der Waals surface area (Å²) in [6.45, 7) is 3.37. The molecule has 0 aromatic heterocycles. The summed E-state index contributed by atoms with van der Waals surface area (Å²) in [7, 11) is 0. The van der Waals surface area contributed by atoms with Crippen LogP contribution in [0, 0.1) is 6.92 Å². The average Bonchev–Trinajstić information content (AvgIpc) is 2.21. The molecule has 0 N–H and O–H groups in total. The zero-order valence-corrected chi connectivity index (χ0v) is 8.80. The Balaban J connectivity index is 0.000000396. The van der Waals surface area contributed by atoms with Gasteiger partial charge in [-0.1, -0.05) is 6.07 Å². The SMILES string of the molecule is CS.Cc1ccc2c(c1)OCCO2. The van der Waals surface area contributed by atoms with E-state index < -0.39 is 0 Å². The molecule has 0 spiro atoms. The Morgan fingerprint density at radius 1 is 1.08 bits per heavy atom. The summed E-state index contributed by atoms with van der Waals surface area (Å²) in [4.78, 5) is 0. The van der Waals surface area contributed by atoms with Crippen LogP contribution in [0.5, 0.6) is 11.5 Å². The Kier molecular flexibility index (Phi) is 3.96. The minimum atomic E-state index is 0.663. The van der Waals surface area contributed by atoms with Crippen molar-refractivity contribution < 1.29 is 9.47 Å². The van der Waals surface area contributed by atoms with E-state index in [9.17, 15) is 0 Å². The third-order valence-electron chi connectivity index (χ3n) is 1.70. The lowest BCUT2D eigenvalue weighted by atomic mass is 10.2. The van der Waals surface area contributed by atoms with Crippen molar-refractivity contribution in [1.82, 2.24) is 0 Å². The van der Waals surface area contributed by atoms with Gasteiger partial charge in [0.1, 0.15) is 13.2 Å². The highest BCUT2D eigenvalue weighted by Gasteiger charge is 2.09. The predicted octanol–water partition coefficient (Wildman–Crippen LogP) is 2.31. The fraction of sp³-hybridized carbons (Fsp3) is 0.400. The molecule has 0 fully saturated rings. The number of rotatable bonds is 0. The van der Waals surface area contributed by atoms with Crippen LogP contribution in [-0.2, 0) is 0 Å². The number of ether oxygens (including phenoxy) is 2. The molecule has 1 aromatic rings. The number of fused-ring (bicyclic) bond motifs is 1. The van der Waals surface area contributed by atoms with Crippen molar-refractivity contribution in [2.45, 2.75) is 6.92 Å². The zero-order valence-electron chi connectivity index (χ0n) is 7.91. The number of thiol groups is 1. The molecule has 2 nitrogen and oxygen atoms in total. The third-order valence-corrected chi connectivity index (χ3v) is 1.70. The Morgan fingerprint density at radius 2 is 1.69 bits per heavy atom. The maximum absolute atomic E-state index is 5.38. The van der Waals surface area contributed by atoms with Crippen LogP contribution in [0.2, 0.25) is 0 Å². The Morgan fingerprint density at radius 3 is 2.38 bits per heavy atom. The summed E-state index contributed by atoms with van der Waals surface area (Å²) in [6.07, 6.45) is 1.69. The average molecular weight is 198 g/mol. The van der Waals surface area contributed by atoms with Crippen molar-refractivity contribution in [1.29, 1.82) is 0 Å². The van der Waals surface area contributed by atoms with Gasteiger partial charge in [-0.3, -0.25) is 0 Å². The van der Waals surface area contributed by atoms with E-state index in [4.69, 9.17) is 9.47 Å². The van der Waals surface area contributed by atoms with E-state index in [1.165, 1.54) is 5.56 Å². The van der Waals surface area contributed by atoms with Gasteiger partial charge in [0, 0.05) is 0 Å². The Hall–Kier alpha value is -0.830. The summed E-state index contributed by atoms with van der Waals surface area (Å²) in [5.74, 6) is 1.73. The van der Waals surface area contributed by atoms with Crippen LogP contribution in [-0.4, -0.2) is 19.5 Å². The number of benzene rings is 1. The van der Waals surface area contributed by atoms with Gasteiger partial charge in [0.05, 0.1) is 0 Å². The summed E-state index contributed by atoms with van der Waals surface area (Å²) in [6, 6.07) is 5.96. The summed E-state index contributed by atoms with van der Waals surface area (Å²) in [5.41, 5.74) is 1.20. The van der Waals surface area contributed by atoms with Gasteiger partial charge >= 0.3 is 0 Å². The van der Waals surface area contributed by atoms with Gasteiger partial charge in [0.2, 0.25) is 0 Å². The Labute approximate surface area is 84.3 Å². The second-order valence-electron chi connectivity index (χ2n) is 2.65. The lowest BCUT2D eigenvalue weighted by molar-refractivity contribution is 0.171. The molecule has 1 aliphatic rings. The van der Waals surface area contributed by atoms with E-state index in [0.29, 0.717) is 13.2 Å². The molecule has 0 radical (unpaired) electrons. The van der Waals surface area contributed by atoms with Crippen LogP contribution in [0.1, 0.15) is 5.56 Å². The highest BCUT2D eigenvalue weighted by Crippen LogP contribution is 2.30. The number of hydrogen-bond donors (Lipinski definition) is 1. The van der Waals surface area contributed by atoms with Gasteiger partial charge in [-0.25, -0.2) is 0 Å². The molecule has 72 valence electrons. The molecule has 0 saturated heterocycles. The van der Waals surface area contributed by atoms with Crippen molar-refractivity contribution in [2.75, 3.05) is 19.5 Å². The molecule has 1 aliphatic heterocycles. The van der Waals surface area contributed by atoms with Gasteiger partial charge in [-0.15, -0.1) is 0 Å². The fourth-order valence-electron chi connectivity index (χ4n) is 1.15. The first-order valence-corrected chi connectivity index (χ1v) is 5.07. The molecule has 1 aromatic carbocycles. The molecular formula is C10H14O2S. The first-order valence-electron chi connectivity index (χ1n) is 4.17. The minimum absolute atomic E-state index is 0.663. The topological polar surface area (TPSA) is 18.5 Å². The van der Waals surface area contributed by atoms with E-state index >= 15 is 0 Å². The molecule has 0 saturated carbocycles. The molecule has 1 heterocycles. The fourth-order valence-corrected chi connectivity index (χ4v) is 1.15. The Bertz CT molecular complexity index is 274. The molecule has 0 unspecified atom stereocenters. The van der Waals surface area contributed by atoms with E-state index in [-0.39, 0.29) is 0 Å². The van der Waals surface area contributed by atoms with E-state index in [2.05, 4.69) is 12.6 Å². The van der Waals surface area contributed by atoms with Crippen molar-refractivity contribution in [3.05, 3.63) is 23.8 Å². The second kappa shape index (κ2) is 5.02. The normalized spacial score (nSPS) is 12.8. The van der Waals surface area contributed by atoms with Crippen LogP contribution in [0.4, 0.5) is 0 Å². The summed E-state index contributed by atoms with van der Waals surface area (Å²) >= 11 is 3.53. The van der Waals surface area contributed by atoms with E-state index in [1.54, 1.807) is 6.26 Å². The van der Waals surface area contributed by atoms with Gasteiger partial charge < -0.3 is 9.47 Å². The first-order chi connectivity index (χ1) is 6.36. The minimum Gasteiger partial charge on any atom is -0.486 e. The summed E-state index contributed by atoms with van der Waals surface area (Å²) in [5, 5.41) is 0. The largest absolute Gasteiger partial charge is 0.486 e. The van der Waals surface area contributed by atoms with Gasteiger partial charge in [0.25, 0.3) is 0 Å². The molecule has 0 amide bonds. The van der Waals surface area contributed by atoms with Gasteiger partial charge in [0.15, 0.2) is 11.5 Å². The quantitative estimate of drug-likeness (QED) is 0.645. The van der Waals surface area contributed by atoms with Crippen molar-refractivity contribution in [2.24, 2.45) is 0 Å². The third kappa shape index (κ3) is 2.56. The van der Waals surface area contributed by atoms with Crippen molar-refractivity contribution >= 4 is 12.6 Å². The van der Waals surface area contributed by atoms with Crippen LogP contribution >= 0.6 is 12.6 Å². The molecule has 0 aliphatic carbocycles. The molecule has 3 heteroatoms. The van der Waals surface area contributed by atoms with Crippen molar-refractivity contribution in [3.63, 3.8) is 0 Å². The zero-order chi connectivity index (χ0) is 9.68. The molecule has 0 bridgehead atoms. The van der Waals surface area contributed by atoms with Crippen LogP contribution in [0.3, 0.4) is 0 Å². The van der Waals surface area contributed by atoms with Crippen LogP contribution < -0.4 is 9.47 Å². The maximum atomic E-state index is 5.38. The summed E-state index contributed by atoms with van der Waals surface area (Å²) < 4.78 is 10.7. The van der Waals surface area contributed by atoms with Gasteiger partial charge in [-0.2, -0.15) is 12.6 Å². The lowest BCUT2D eigenvalue weighted by Gasteiger charge is -2.18. The number of aryl methyl sites for hydroxylation is 1. The van der Waals surface area contributed by atoms with Crippen LogP contribution in [0.15, 0.2) is 18.2 Å². The highest BCUT2D eigenvalue weighted by molar-refractivity contribution is 7.79. The molecule has 2 rings (SSSR count). The second-order valence-corrected chi connectivity index (χ2v) is 2.65. The van der Waals surface area contributed by atoms with E-state index in [1.807, 2.05) is 25.1 Å². The molecule has 13 heavy (non-hydrogen) atoms. The van der Waals surface area contributed by atoms with Gasteiger partial charge in [-0.05, 0) is 30.9 Å². The predicted molar refractivity (Wildman–Crippen MR) is 57.1 cm³/mol. The molecule has 0 atom stereocenters. The number of hydrogen-bond acceptors (Lipinski definition) is 3. The highest BCUT2D eigenvalue weighted by atomic mass is 32.1.